The van der Waals surface area contributed by atoms with E-state index in [9.17, 15) is 4.79 Å². The average molecular weight is 205 g/mol. The molecule has 0 heterocycles. The Morgan fingerprint density at radius 3 is 2.13 bits per heavy atom. The molecule has 0 aliphatic carbocycles. The van der Waals surface area contributed by atoms with Crippen molar-refractivity contribution in [2.75, 3.05) is 0 Å². The normalized spacial score (nSPS) is 11.2. The molecule has 0 fully saturated rings. The van der Waals surface area contributed by atoms with Crippen LogP contribution < -0.4 is 5.32 Å². The van der Waals surface area contributed by atoms with Crippen LogP contribution in [0.3, 0.4) is 0 Å². The summed E-state index contributed by atoms with van der Waals surface area (Å²) in [7, 11) is 0. The maximum Gasteiger partial charge on any atom is 0.217 e. The van der Waals surface area contributed by atoms with Crippen molar-refractivity contribution >= 4 is 5.91 Å². The van der Waals surface area contributed by atoms with Gasteiger partial charge in [0, 0.05) is 13.5 Å². The Balaban J connectivity index is 2.69. The number of nitrogens with one attached hydrogen (secondary N) is 1. The van der Waals surface area contributed by atoms with E-state index >= 15 is 0 Å². The van der Waals surface area contributed by atoms with Gasteiger partial charge in [0.05, 0.1) is 0 Å². The SMILES string of the molecule is CC(=O)NCc1ccc(C(C)(C)C)cc1. The lowest BCUT2D eigenvalue weighted by molar-refractivity contribution is -0.119. The summed E-state index contributed by atoms with van der Waals surface area (Å²) in [5, 5.41) is 2.78. The van der Waals surface area contributed by atoms with E-state index in [0.717, 1.165) is 5.56 Å². The monoisotopic (exact) mass is 205 g/mol. The zero-order valence-electron chi connectivity index (χ0n) is 9.92. The summed E-state index contributed by atoms with van der Waals surface area (Å²) in [5.74, 6) is 0.00916. The highest BCUT2D eigenvalue weighted by Gasteiger charge is 2.12. The van der Waals surface area contributed by atoms with Gasteiger partial charge < -0.3 is 5.32 Å². The number of hydrogen-bond donors (Lipinski definition) is 1. The van der Waals surface area contributed by atoms with Crippen LogP contribution in [0.4, 0.5) is 0 Å². The topological polar surface area (TPSA) is 29.1 Å². The molecule has 0 spiro atoms. The number of rotatable bonds is 2. The van der Waals surface area contributed by atoms with Gasteiger partial charge in [0.15, 0.2) is 0 Å². The Labute approximate surface area is 91.7 Å². The quantitative estimate of drug-likeness (QED) is 0.790. The van der Waals surface area contributed by atoms with Crippen LogP contribution in [-0.4, -0.2) is 5.91 Å². The van der Waals surface area contributed by atoms with Crippen molar-refractivity contribution in [3.8, 4) is 0 Å². The molecule has 1 aromatic rings. The van der Waals surface area contributed by atoms with Gasteiger partial charge in [-0.1, -0.05) is 45.0 Å². The summed E-state index contributed by atoms with van der Waals surface area (Å²) in [6.07, 6.45) is 0. The highest BCUT2D eigenvalue weighted by Crippen LogP contribution is 2.21. The van der Waals surface area contributed by atoms with Crippen LogP contribution >= 0.6 is 0 Å². The minimum absolute atomic E-state index is 0.00916. The van der Waals surface area contributed by atoms with Crippen molar-refractivity contribution < 1.29 is 4.79 Å². The highest BCUT2D eigenvalue weighted by atomic mass is 16.1. The molecule has 0 aliphatic rings. The number of hydrogen-bond acceptors (Lipinski definition) is 1. The fourth-order valence-electron chi connectivity index (χ4n) is 1.35. The van der Waals surface area contributed by atoms with Gasteiger partial charge in [0.2, 0.25) is 5.91 Å². The Hall–Kier alpha value is -1.31. The molecule has 0 radical (unpaired) electrons. The van der Waals surface area contributed by atoms with E-state index in [1.807, 2.05) is 0 Å². The minimum atomic E-state index is 0.00916. The predicted molar refractivity (Wildman–Crippen MR) is 62.7 cm³/mol. The van der Waals surface area contributed by atoms with Crippen LogP contribution in [-0.2, 0) is 16.8 Å². The highest BCUT2D eigenvalue weighted by molar-refractivity contribution is 5.72. The Morgan fingerprint density at radius 1 is 1.20 bits per heavy atom. The molecule has 15 heavy (non-hydrogen) atoms. The zero-order chi connectivity index (χ0) is 11.5. The van der Waals surface area contributed by atoms with Crippen molar-refractivity contribution in [3.63, 3.8) is 0 Å². The number of carbonyl (C=O) groups is 1. The molecule has 0 saturated carbocycles. The molecular formula is C13H19NO. The maximum absolute atomic E-state index is 10.7. The molecular weight excluding hydrogens is 186 g/mol. The van der Waals surface area contributed by atoms with Crippen molar-refractivity contribution in [3.05, 3.63) is 35.4 Å². The maximum atomic E-state index is 10.7. The van der Waals surface area contributed by atoms with Crippen molar-refractivity contribution in [1.29, 1.82) is 0 Å². The first-order chi connectivity index (χ1) is 6.89. The van der Waals surface area contributed by atoms with Gasteiger partial charge in [-0.3, -0.25) is 4.79 Å². The first-order valence-electron chi connectivity index (χ1n) is 5.23. The fourth-order valence-corrected chi connectivity index (χ4v) is 1.35. The van der Waals surface area contributed by atoms with Gasteiger partial charge >= 0.3 is 0 Å². The molecule has 82 valence electrons. The Morgan fingerprint density at radius 2 is 1.73 bits per heavy atom. The molecule has 0 saturated heterocycles. The summed E-state index contributed by atoms with van der Waals surface area (Å²) < 4.78 is 0. The van der Waals surface area contributed by atoms with E-state index in [4.69, 9.17) is 0 Å². The molecule has 0 atom stereocenters. The van der Waals surface area contributed by atoms with Crippen LogP contribution in [0.2, 0.25) is 0 Å². The Kier molecular flexibility index (Phi) is 3.51. The van der Waals surface area contributed by atoms with Gasteiger partial charge in [-0.05, 0) is 16.5 Å². The molecule has 0 unspecified atom stereocenters. The molecule has 2 nitrogen and oxygen atoms in total. The van der Waals surface area contributed by atoms with E-state index in [1.165, 1.54) is 12.5 Å². The van der Waals surface area contributed by atoms with Crippen LogP contribution in [0.5, 0.6) is 0 Å². The van der Waals surface area contributed by atoms with E-state index in [2.05, 4.69) is 50.4 Å². The van der Waals surface area contributed by atoms with Crippen molar-refractivity contribution in [1.82, 2.24) is 5.32 Å². The van der Waals surface area contributed by atoms with Crippen molar-refractivity contribution in [2.45, 2.75) is 39.7 Å². The molecule has 1 N–H and O–H groups in total. The van der Waals surface area contributed by atoms with Gasteiger partial charge in [-0.25, -0.2) is 0 Å². The number of benzene rings is 1. The Bertz CT molecular complexity index is 333. The van der Waals surface area contributed by atoms with Crippen LogP contribution in [0.1, 0.15) is 38.8 Å². The third-order valence-electron chi connectivity index (χ3n) is 2.36. The molecule has 2 heteroatoms. The predicted octanol–water partition coefficient (Wildman–Crippen LogP) is 2.62. The van der Waals surface area contributed by atoms with Crippen LogP contribution in [0.25, 0.3) is 0 Å². The first kappa shape index (κ1) is 11.8. The molecule has 1 aromatic carbocycles. The fraction of sp³-hybridized carbons (Fsp3) is 0.462. The lowest BCUT2D eigenvalue weighted by Gasteiger charge is -2.19. The molecule has 0 aromatic heterocycles. The summed E-state index contributed by atoms with van der Waals surface area (Å²) in [6.45, 7) is 8.71. The zero-order valence-corrected chi connectivity index (χ0v) is 9.92. The second-order valence-corrected chi connectivity index (χ2v) is 4.86. The summed E-state index contributed by atoms with van der Waals surface area (Å²) in [5.41, 5.74) is 2.64. The van der Waals surface area contributed by atoms with E-state index in [1.54, 1.807) is 0 Å². The third kappa shape index (κ3) is 3.74. The second-order valence-electron chi connectivity index (χ2n) is 4.86. The van der Waals surface area contributed by atoms with Gasteiger partial charge in [-0.15, -0.1) is 0 Å². The lowest BCUT2D eigenvalue weighted by Crippen LogP contribution is -2.19. The number of amides is 1. The lowest BCUT2D eigenvalue weighted by atomic mass is 9.87. The van der Waals surface area contributed by atoms with Gasteiger partial charge in [0.25, 0.3) is 0 Å². The average Bonchev–Trinajstić information content (AvgIpc) is 2.14. The summed E-state index contributed by atoms with van der Waals surface area (Å²) in [6, 6.07) is 8.38. The number of carbonyl (C=O) groups excluding carboxylic acids is 1. The largest absolute Gasteiger partial charge is 0.352 e. The van der Waals surface area contributed by atoms with E-state index in [-0.39, 0.29) is 11.3 Å². The summed E-state index contributed by atoms with van der Waals surface area (Å²) >= 11 is 0. The van der Waals surface area contributed by atoms with Crippen LogP contribution in [0, 0.1) is 0 Å². The van der Waals surface area contributed by atoms with Gasteiger partial charge in [-0.2, -0.15) is 0 Å². The molecule has 0 bridgehead atoms. The summed E-state index contributed by atoms with van der Waals surface area (Å²) in [4.78, 5) is 10.7. The molecule has 1 amide bonds. The molecule has 1 rings (SSSR count). The van der Waals surface area contributed by atoms with E-state index in [0.29, 0.717) is 6.54 Å². The second kappa shape index (κ2) is 4.47. The van der Waals surface area contributed by atoms with Gasteiger partial charge in [0.1, 0.15) is 0 Å². The standard InChI is InChI=1S/C13H19NO/c1-10(15)14-9-11-5-7-12(8-6-11)13(2,3)4/h5-8H,9H2,1-4H3,(H,14,15). The third-order valence-corrected chi connectivity index (χ3v) is 2.36. The van der Waals surface area contributed by atoms with Crippen LogP contribution in [0.15, 0.2) is 24.3 Å². The smallest absolute Gasteiger partial charge is 0.217 e. The van der Waals surface area contributed by atoms with Crippen molar-refractivity contribution in [2.24, 2.45) is 0 Å². The molecule has 0 aliphatic heterocycles. The van der Waals surface area contributed by atoms with E-state index < -0.39 is 0 Å². The first-order valence-corrected chi connectivity index (χ1v) is 5.23. The minimum Gasteiger partial charge on any atom is -0.352 e.